The minimum Gasteiger partial charge on any atom is -0.459 e. The summed E-state index contributed by atoms with van der Waals surface area (Å²) in [4.78, 5) is 12.4. The van der Waals surface area contributed by atoms with Gasteiger partial charge < -0.3 is 25.3 Å². The fraction of sp³-hybridized carbons (Fsp3) is 0.900. The Kier molecular flexibility index (Phi) is 8.26. The van der Waals surface area contributed by atoms with Gasteiger partial charge in [-0.2, -0.15) is 0 Å². The Labute approximate surface area is 162 Å². The molecule has 1 fully saturated rings. The van der Waals surface area contributed by atoms with E-state index in [1.165, 1.54) is 6.92 Å². The molecule has 1 rings (SSSR count). The van der Waals surface area contributed by atoms with Crippen molar-refractivity contribution in [2.75, 3.05) is 0 Å². The maximum atomic E-state index is 12.4. The van der Waals surface area contributed by atoms with E-state index in [2.05, 4.69) is 5.16 Å². The van der Waals surface area contributed by atoms with Crippen LogP contribution in [0.1, 0.15) is 73.6 Å². The Bertz CT molecular complexity index is 531. The highest BCUT2D eigenvalue weighted by molar-refractivity contribution is 5.88. The lowest BCUT2D eigenvalue weighted by atomic mass is 9.76. The van der Waals surface area contributed by atoms with Crippen molar-refractivity contribution in [2.45, 2.75) is 97.1 Å². The highest BCUT2D eigenvalue weighted by Crippen LogP contribution is 2.32. The first kappa shape index (κ1) is 23.9. The van der Waals surface area contributed by atoms with Crippen LogP contribution in [0.5, 0.6) is 0 Å². The highest BCUT2D eigenvalue weighted by atomic mass is 16.6. The zero-order valence-corrected chi connectivity index (χ0v) is 17.5. The van der Waals surface area contributed by atoms with Gasteiger partial charge in [-0.25, -0.2) is 0 Å². The van der Waals surface area contributed by atoms with Gasteiger partial charge in [0.2, 0.25) is 0 Å². The molecule has 0 amide bonds. The van der Waals surface area contributed by atoms with Crippen molar-refractivity contribution < 1.29 is 30.1 Å². The quantitative estimate of drug-likeness (QED) is 0.312. The molecule has 1 saturated heterocycles. The van der Waals surface area contributed by atoms with E-state index in [1.807, 2.05) is 6.92 Å². The van der Waals surface area contributed by atoms with Gasteiger partial charge >= 0.3 is 5.97 Å². The summed E-state index contributed by atoms with van der Waals surface area (Å²) in [5.74, 6) is -1.78. The molecular weight excluding hydrogens is 350 g/mol. The topological polar surface area (TPSA) is 120 Å². The number of aliphatic hydroxyl groups excluding tert-OH is 1. The average Bonchev–Trinajstić information content (AvgIpc) is 2.57. The second-order valence-corrected chi connectivity index (χ2v) is 8.71. The zero-order valence-electron chi connectivity index (χ0n) is 17.5. The third-order valence-electron chi connectivity index (χ3n) is 5.94. The fourth-order valence-corrected chi connectivity index (χ4v) is 4.14. The number of aliphatic hydroxyl groups is 3. The van der Waals surface area contributed by atoms with Crippen molar-refractivity contribution >= 4 is 11.7 Å². The zero-order chi connectivity index (χ0) is 21.0. The first-order chi connectivity index (χ1) is 12.4. The Hall–Kier alpha value is -1.18. The van der Waals surface area contributed by atoms with Gasteiger partial charge in [0.1, 0.15) is 11.7 Å². The number of hydrogen-bond acceptors (Lipinski definition) is 7. The Morgan fingerprint density at radius 1 is 1.19 bits per heavy atom. The van der Waals surface area contributed by atoms with Crippen LogP contribution in [-0.4, -0.2) is 55.6 Å². The molecule has 0 aromatic rings. The molecule has 1 aliphatic rings. The second kappa shape index (κ2) is 9.34. The molecule has 7 nitrogen and oxygen atoms in total. The predicted molar refractivity (Wildman–Crippen MR) is 103 cm³/mol. The van der Waals surface area contributed by atoms with Crippen molar-refractivity contribution in [3.8, 4) is 0 Å². The average molecular weight is 388 g/mol. The van der Waals surface area contributed by atoms with Gasteiger partial charge in [-0.3, -0.25) is 4.79 Å². The summed E-state index contributed by atoms with van der Waals surface area (Å²) in [7, 11) is 0. The molecule has 0 aliphatic carbocycles. The van der Waals surface area contributed by atoms with Crippen LogP contribution in [0.3, 0.4) is 0 Å². The summed E-state index contributed by atoms with van der Waals surface area (Å²) >= 11 is 0. The van der Waals surface area contributed by atoms with Crippen LogP contribution in [0.25, 0.3) is 0 Å². The molecule has 7 heteroatoms. The van der Waals surface area contributed by atoms with Gasteiger partial charge in [-0.05, 0) is 46.0 Å². The first-order valence-corrected chi connectivity index (χ1v) is 9.92. The summed E-state index contributed by atoms with van der Waals surface area (Å²) in [6, 6.07) is 0. The summed E-state index contributed by atoms with van der Waals surface area (Å²) in [5.41, 5.74) is -2.41. The Morgan fingerprint density at radius 3 is 2.30 bits per heavy atom. The maximum absolute atomic E-state index is 12.4. The minimum atomic E-state index is -1.72. The molecular formula is C20H37NO6. The monoisotopic (exact) mass is 387 g/mol. The molecule has 0 aromatic heterocycles. The number of ether oxygens (including phenoxy) is 1. The lowest BCUT2D eigenvalue weighted by Gasteiger charge is -2.40. The molecule has 1 aliphatic heterocycles. The summed E-state index contributed by atoms with van der Waals surface area (Å²) in [6.45, 7) is 10.2. The lowest BCUT2D eigenvalue weighted by molar-refractivity contribution is -0.186. The van der Waals surface area contributed by atoms with Gasteiger partial charge in [-0.1, -0.05) is 32.9 Å². The molecule has 1 heterocycles. The molecule has 0 bridgehead atoms. The van der Waals surface area contributed by atoms with E-state index < -0.39 is 35.3 Å². The number of esters is 1. The fourth-order valence-electron chi connectivity index (χ4n) is 4.14. The standard InChI is InChI=1S/C20H37NO6/c1-7-15-20(6,25)17(22)14(4)16(21-26)13(3)11-19(5,24)10-8-9-12(2)18(23)27-15/h12-15,17,22,24-26H,7-11H2,1-6H3/b21-16+/t12?,13-,14?,15-,17?,19+,20-/m1/s1. The molecule has 0 spiro atoms. The molecule has 0 aromatic carbocycles. The van der Waals surface area contributed by atoms with Crippen molar-refractivity contribution in [3.05, 3.63) is 0 Å². The molecule has 7 atom stereocenters. The largest absolute Gasteiger partial charge is 0.459 e. The Morgan fingerprint density at radius 2 is 1.78 bits per heavy atom. The van der Waals surface area contributed by atoms with Gasteiger partial charge in [0.05, 0.1) is 23.3 Å². The molecule has 0 radical (unpaired) electrons. The number of cyclic esters (lactones) is 1. The van der Waals surface area contributed by atoms with Gasteiger partial charge in [0, 0.05) is 11.8 Å². The van der Waals surface area contributed by atoms with E-state index in [1.54, 1.807) is 27.7 Å². The van der Waals surface area contributed by atoms with Crippen molar-refractivity contribution in [2.24, 2.45) is 22.9 Å². The van der Waals surface area contributed by atoms with E-state index >= 15 is 0 Å². The number of oxime groups is 1. The molecule has 27 heavy (non-hydrogen) atoms. The summed E-state index contributed by atoms with van der Waals surface area (Å²) in [5, 5.41) is 45.4. The van der Waals surface area contributed by atoms with Crippen LogP contribution in [0, 0.1) is 17.8 Å². The first-order valence-electron chi connectivity index (χ1n) is 9.92. The van der Waals surface area contributed by atoms with Crippen molar-refractivity contribution in [1.29, 1.82) is 0 Å². The van der Waals surface area contributed by atoms with Crippen LogP contribution in [0.4, 0.5) is 0 Å². The van der Waals surface area contributed by atoms with Gasteiger partial charge in [0.25, 0.3) is 0 Å². The number of rotatable bonds is 1. The van der Waals surface area contributed by atoms with Gasteiger partial charge in [0.15, 0.2) is 0 Å². The number of carbonyl (C=O) groups excluding carboxylic acids is 1. The van der Waals surface area contributed by atoms with Crippen LogP contribution < -0.4 is 0 Å². The summed E-state index contributed by atoms with van der Waals surface area (Å²) < 4.78 is 5.52. The van der Waals surface area contributed by atoms with Crippen LogP contribution >= 0.6 is 0 Å². The lowest BCUT2D eigenvalue weighted by Crippen LogP contribution is -2.55. The number of hydrogen-bond donors (Lipinski definition) is 4. The maximum Gasteiger partial charge on any atom is 0.309 e. The van der Waals surface area contributed by atoms with E-state index in [9.17, 15) is 25.3 Å². The van der Waals surface area contributed by atoms with E-state index in [-0.39, 0.29) is 11.8 Å². The molecule has 4 N–H and O–H groups in total. The van der Waals surface area contributed by atoms with Crippen LogP contribution in [0.2, 0.25) is 0 Å². The Balaban J connectivity index is 3.27. The predicted octanol–water partition coefficient (Wildman–Crippen LogP) is 2.48. The normalized spacial score (nSPS) is 44.6. The van der Waals surface area contributed by atoms with E-state index in [4.69, 9.17) is 4.74 Å². The third kappa shape index (κ3) is 5.90. The van der Waals surface area contributed by atoms with Crippen molar-refractivity contribution in [3.63, 3.8) is 0 Å². The molecule has 3 unspecified atom stereocenters. The number of nitrogens with zero attached hydrogens (tertiary/aromatic N) is 1. The number of carbonyl (C=O) groups is 1. The SMILES string of the molecule is CC[C@H]1OC(=O)C(C)CCC[C@](C)(O)C[C@@H](C)/C(=N\O)C(C)C(O)[C@]1(C)O. The third-order valence-corrected chi connectivity index (χ3v) is 5.94. The molecule has 158 valence electrons. The van der Waals surface area contributed by atoms with Gasteiger partial charge in [-0.15, -0.1) is 0 Å². The van der Waals surface area contributed by atoms with E-state index in [0.717, 1.165) is 0 Å². The van der Waals surface area contributed by atoms with Crippen LogP contribution in [-0.2, 0) is 9.53 Å². The second-order valence-electron chi connectivity index (χ2n) is 8.71. The minimum absolute atomic E-state index is 0.298. The van der Waals surface area contributed by atoms with Crippen molar-refractivity contribution in [1.82, 2.24) is 0 Å². The highest BCUT2D eigenvalue weighted by Gasteiger charge is 2.45. The smallest absolute Gasteiger partial charge is 0.309 e. The van der Waals surface area contributed by atoms with E-state index in [0.29, 0.717) is 37.8 Å². The van der Waals surface area contributed by atoms with Crippen LogP contribution in [0.15, 0.2) is 5.16 Å². The summed E-state index contributed by atoms with van der Waals surface area (Å²) in [6.07, 6.45) is 0.194. The molecule has 0 saturated carbocycles.